The van der Waals surface area contributed by atoms with E-state index in [1.807, 2.05) is 30.3 Å². The molecular weight excluding hydrogens is 576 g/mol. The van der Waals surface area contributed by atoms with E-state index in [1.165, 1.54) is 21.1 Å². The summed E-state index contributed by atoms with van der Waals surface area (Å²) in [7, 11) is -6.27. The lowest BCUT2D eigenvalue weighted by molar-refractivity contribution is -0.245. The number of nitrogens with one attached hydrogen (secondary N) is 1. The molecule has 210 valence electrons. The molecule has 2 saturated heterocycles. The van der Waals surface area contributed by atoms with Gasteiger partial charge in [0.25, 0.3) is 13.4 Å². The number of H-pyrrole nitrogens is 1. The molecule has 5 aromatic rings. The lowest BCUT2D eigenvalue weighted by Gasteiger charge is -2.34. The first-order chi connectivity index (χ1) is 19.7. The number of phosphoric ester groups is 1. The molecule has 0 bridgehead atoms. The van der Waals surface area contributed by atoms with Crippen LogP contribution < -0.4 is 15.9 Å². The predicted molar refractivity (Wildman–Crippen MR) is 143 cm³/mol. The van der Waals surface area contributed by atoms with Gasteiger partial charge in [0.05, 0.1) is 12.3 Å². The van der Waals surface area contributed by atoms with Crippen molar-refractivity contribution in [3.63, 3.8) is 0 Å². The molecule has 4 N–H and O–H groups in total. The summed E-state index contributed by atoms with van der Waals surface area (Å²) < 4.78 is 30.5. The lowest BCUT2D eigenvalue weighted by Crippen LogP contribution is -2.41. The molecule has 17 heteroatoms. The van der Waals surface area contributed by atoms with E-state index in [2.05, 4.69) is 15.0 Å². The minimum absolute atomic E-state index is 0.0108. The van der Waals surface area contributed by atoms with Crippen molar-refractivity contribution in [1.82, 2.24) is 23.9 Å². The summed E-state index contributed by atoms with van der Waals surface area (Å²) >= 11 is 1.11. The van der Waals surface area contributed by atoms with Gasteiger partial charge in [-0.2, -0.15) is 4.98 Å². The summed E-state index contributed by atoms with van der Waals surface area (Å²) in [6.45, 7) is -0.351. The molecule has 2 aliphatic rings. The van der Waals surface area contributed by atoms with Gasteiger partial charge in [0, 0.05) is 11.1 Å². The van der Waals surface area contributed by atoms with E-state index >= 15 is 0 Å². The van der Waals surface area contributed by atoms with Crippen LogP contribution in [-0.4, -0.2) is 71.1 Å². The highest BCUT2D eigenvalue weighted by Gasteiger charge is 2.51. The van der Waals surface area contributed by atoms with Crippen molar-refractivity contribution in [3.8, 4) is 11.3 Å². The van der Waals surface area contributed by atoms with Crippen molar-refractivity contribution in [2.75, 3.05) is 6.61 Å². The van der Waals surface area contributed by atoms with Crippen LogP contribution in [0.2, 0.25) is 0 Å². The molecule has 14 nitrogen and oxygen atoms in total. The normalized spacial score (nSPS) is 26.0. The Morgan fingerprint density at radius 1 is 1.12 bits per heavy atom. The maximum Gasteiger partial charge on any atom is 0.488 e. The topological polar surface area (TPSA) is 196 Å². The van der Waals surface area contributed by atoms with Crippen LogP contribution in [0.1, 0.15) is 6.23 Å². The van der Waals surface area contributed by atoms with Gasteiger partial charge in [-0.05, 0) is 23.2 Å². The minimum atomic E-state index is -4.63. The molecule has 0 saturated carbocycles. The molecular formula is C24H20BN5O9PS-. The zero-order valence-electron chi connectivity index (χ0n) is 20.8. The zero-order valence-corrected chi connectivity index (χ0v) is 22.5. The Morgan fingerprint density at radius 3 is 2.61 bits per heavy atom. The summed E-state index contributed by atoms with van der Waals surface area (Å²) in [6, 6.07) is 15.7. The number of hydrogen-bond donors (Lipinski definition) is 4. The van der Waals surface area contributed by atoms with Crippen molar-refractivity contribution < 1.29 is 38.4 Å². The number of phosphoric acid groups is 1. The van der Waals surface area contributed by atoms with Crippen LogP contribution in [0.5, 0.6) is 0 Å². The fourth-order valence-electron chi connectivity index (χ4n) is 4.93. The van der Waals surface area contributed by atoms with E-state index in [-0.39, 0.29) is 34.2 Å². The van der Waals surface area contributed by atoms with Crippen LogP contribution in [0.3, 0.4) is 0 Å². The SMILES string of the molecule is O=c1c2nc(Sc3ccc(B(O)O)cc3)n([C@@H]3OC4COP(=O)([O-])O[C@H]4C3O)c2nc2[nH]c(-c3ccccc3)cn12. The molecule has 2 fully saturated rings. The van der Waals surface area contributed by atoms with Crippen LogP contribution in [0, 0.1) is 0 Å². The number of rotatable bonds is 5. The second-order valence-electron chi connectivity index (χ2n) is 9.49. The Hall–Kier alpha value is -3.31. The van der Waals surface area contributed by atoms with Gasteiger partial charge in [0.1, 0.15) is 18.3 Å². The average molecular weight is 596 g/mol. The maximum atomic E-state index is 13.6. The predicted octanol–water partition coefficient (Wildman–Crippen LogP) is 0.0124. The van der Waals surface area contributed by atoms with Crippen molar-refractivity contribution in [2.24, 2.45) is 0 Å². The number of benzene rings is 2. The highest BCUT2D eigenvalue weighted by molar-refractivity contribution is 7.99. The molecule has 3 unspecified atom stereocenters. The van der Waals surface area contributed by atoms with Gasteiger partial charge in [0.2, 0.25) is 5.78 Å². The molecule has 0 spiro atoms. The Kier molecular flexibility index (Phi) is 6.42. The van der Waals surface area contributed by atoms with Crippen LogP contribution in [0.4, 0.5) is 0 Å². The standard InChI is InChI=1S/C24H21BN5O9PS/c31-18-19-16(11-37-40(35,36)39-19)38-22(18)30-20-17(27-24(30)41-14-8-6-13(7-9-14)25(33)34)21(32)29-10-15(26-23(29)28-20)12-4-2-1-3-5-12/h1-10,16,18-19,22,31,33-34H,11H2,(H,26,28)(H,35,36)/p-1/t16?,18?,19-,22-/m1/s1. The molecule has 5 heterocycles. The summed E-state index contributed by atoms with van der Waals surface area (Å²) in [5.74, 6) is 0.217. The third-order valence-corrected chi connectivity index (χ3v) is 8.85. The first-order valence-electron chi connectivity index (χ1n) is 12.4. The summed E-state index contributed by atoms with van der Waals surface area (Å²) in [4.78, 5) is 38.6. The van der Waals surface area contributed by atoms with Gasteiger partial charge in [-0.15, -0.1) is 0 Å². The Labute approximate surface area is 234 Å². The number of aliphatic hydroxyl groups excluding tert-OH is 1. The van der Waals surface area contributed by atoms with Crippen LogP contribution >= 0.6 is 19.6 Å². The van der Waals surface area contributed by atoms with Gasteiger partial charge in [-0.25, -0.2) is 9.38 Å². The maximum absolute atomic E-state index is 13.6. The van der Waals surface area contributed by atoms with E-state index in [0.717, 1.165) is 17.3 Å². The summed E-state index contributed by atoms with van der Waals surface area (Å²) in [6.07, 6.45) is -3.23. The zero-order chi connectivity index (χ0) is 28.5. The first-order valence-corrected chi connectivity index (χ1v) is 14.7. The fourth-order valence-corrected chi connectivity index (χ4v) is 6.79. The molecule has 2 aromatic carbocycles. The third kappa shape index (κ3) is 4.63. The van der Waals surface area contributed by atoms with E-state index in [1.54, 1.807) is 18.3 Å². The smallest absolute Gasteiger partial charge is 0.488 e. The minimum Gasteiger partial charge on any atom is -0.756 e. The van der Waals surface area contributed by atoms with Crippen LogP contribution in [0.25, 0.3) is 28.2 Å². The molecule has 3 aromatic heterocycles. The molecule has 0 aliphatic carbocycles. The number of fused-ring (bicyclic) bond motifs is 3. The van der Waals surface area contributed by atoms with Gasteiger partial charge in [0.15, 0.2) is 22.5 Å². The second-order valence-corrected chi connectivity index (χ2v) is 11.9. The monoisotopic (exact) mass is 596 g/mol. The Morgan fingerprint density at radius 2 is 1.88 bits per heavy atom. The molecule has 0 amide bonds. The van der Waals surface area contributed by atoms with Crippen molar-refractivity contribution >= 4 is 49.1 Å². The van der Waals surface area contributed by atoms with E-state index < -0.39 is 45.0 Å². The molecule has 41 heavy (non-hydrogen) atoms. The number of aromatic nitrogens is 5. The van der Waals surface area contributed by atoms with E-state index in [0.29, 0.717) is 10.6 Å². The number of nitrogens with zero attached hydrogens (tertiary/aromatic N) is 4. The molecule has 0 radical (unpaired) electrons. The molecule has 5 atom stereocenters. The molecule has 7 rings (SSSR count). The van der Waals surface area contributed by atoms with Crippen molar-refractivity contribution in [3.05, 3.63) is 71.1 Å². The van der Waals surface area contributed by atoms with Gasteiger partial charge >= 0.3 is 7.12 Å². The van der Waals surface area contributed by atoms with Crippen LogP contribution in [-0.2, 0) is 18.3 Å². The largest absolute Gasteiger partial charge is 0.756 e. The van der Waals surface area contributed by atoms with Gasteiger partial charge in [-0.1, -0.05) is 54.2 Å². The average Bonchev–Trinajstić information content (AvgIpc) is 3.63. The number of aromatic amines is 1. The second kappa shape index (κ2) is 9.91. The lowest BCUT2D eigenvalue weighted by atomic mass is 9.81. The van der Waals surface area contributed by atoms with Gasteiger partial charge < -0.3 is 38.8 Å². The van der Waals surface area contributed by atoms with Crippen molar-refractivity contribution in [2.45, 2.75) is 34.6 Å². The number of aliphatic hydroxyl groups is 1. The first kappa shape index (κ1) is 26.6. The molecule has 2 aliphatic heterocycles. The van der Waals surface area contributed by atoms with E-state index in [9.17, 15) is 29.4 Å². The number of hydrogen-bond acceptors (Lipinski definition) is 12. The number of ether oxygens (including phenoxy) is 1. The Bertz CT molecular complexity index is 1880. The number of imidazole rings is 2. The summed E-state index contributed by atoms with van der Waals surface area (Å²) in [5.41, 5.74) is 1.37. The van der Waals surface area contributed by atoms with Crippen molar-refractivity contribution in [1.29, 1.82) is 0 Å². The third-order valence-electron chi connectivity index (χ3n) is 6.90. The highest BCUT2D eigenvalue weighted by atomic mass is 32.2. The quantitative estimate of drug-likeness (QED) is 0.157. The summed E-state index contributed by atoms with van der Waals surface area (Å²) in [5, 5.41) is 30.2. The van der Waals surface area contributed by atoms with Gasteiger partial charge in [-0.3, -0.25) is 13.9 Å². The van der Waals surface area contributed by atoms with E-state index in [4.69, 9.17) is 13.8 Å². The highest BCUT2D eigenvalue weighted by Crippen LogP contribution is 2.50. The van der Waals surface area contributed by atoms with Crippen LogP contribution in [0.15, 0.2) is 75.6 Å². The fraction of sp³-hybridized carbons (Fsp3) is 0.208. The Balaban J connectivity index is 1.37.